The lowest BCUT2D eigenvalue weighted by Crippen LogP contribution is -2.37. The molecule has 108 valence electrons. The van der Waals surface area contributed by atoms with Gasteiger partial charge in [-0.1, -0.05) is 42.5 Å². The third-order valence-electron chi connectivity index (χ3n) is 3.84. The number of urea groups is 1. The van der Waals surface area contributed by atoms with Crippen molar-refractivity contribution in [1.82, 2.24) is 10.6 Å². The number of benzene rings is 2. The monoisotopic (exact) mass is 284 g/mol. The highest BCUT2D eigenvalue weighted by Crippen LogP contribution is 2.30. The van der Waals surface area contributed by atoms with Crippen LogP contribution < -0.4 is 10.6 Å². The molecule has 0 heterocycles. The maximum absolute atomic E-state index is 13.5. The minimum absolute atomic E-state index is 0.0434. The Balaban J connectivity index is 1.57. The van der Waals surface area contributed by atoms with Crippen LogP contribution in [0.2, 0.25) is 0 Å². The van der Waals surface area contributed by atoms with Crippen molar-refractivity contribution in [2.24, 2.45) is 0 Å². The minimum Gasteiger partial charge on any atom is -0.334 e. The summed E-state index contributed by atoms with van der Waals surface area (Å²) in [6, 6.07) is 14.4. The van der Waals surface area contributed by atoms with Crippen molar-refractivity contribution in [3.05, 3.63) is 71.0 Å². The van der Waals surface area contributed by atoms with Gasteiger partial charge in [-0.05, 0) is 30.0 Å². The molecule has 3 nitrogen and oxygen atoms in total. The van der Waals surface area contributed by atoms with Gasteiger partial charge in [0.25, 0.3) is 0 Å². The number of nitrogens with one attached hydrogen (secondary N) is 2. The zero-order chi connectivity index (χ0) is 14.7. The standard InChI is InChI=1S/C17H17FN2O/c18-15-8-4-2-6-13(15)11-19-17(21)20-16-10-9-12-5-1-3-7-14(12)16/h1-8,16H,9-11H2,(H2,19,20,21). The Morgan fingerprint density at radius 1 is 1.14 bits per heavy atom. The molecule has 21 heavy (non-hydrogen) atoms. The van der Waals surface area contributed by atoms with Crippen molar-refractivity contribution < 1.29 is 9.18 Å². The number of hydrogen-bond acceptors (Lipinski definition) is 1. The first kappa shape index (κ1) is 13.6. The Kier molecular flexibility index (Phi) is 3.86. The van der Waals surface area contributed by atoms with Crippen LogP contribution in [0.15, 0.2) is 48.5 Å². The average Bonchev–Trinajstić information content (AvgIpc) is 2.90. The van der Waals surface area contributed by atoms with Gasteiger partial charge in [0.2, 0.25) is 0 Å². The lowest BCUT2D eigenvalue weighted by Gasteiger charge is -2.15. The van der Waals surface area contributed by atoms with Crippen molar-refractivity contribution in [2.75, 3.05) is 0 Å². The molecule has 0 spiro atoms. The van der Waals surface area contributed by atoms with E-state index in [9.17, 15) is 9.18 Å². The van der Waals surface area contributed by atoms with Crippen molar-refractivity contribution in [2.45, 2.75) is 25.4 Å². The molecular weight excluding hydrogens is 267 g/mol. The molecule has 4 heteroatoms. The van der Waals surface area contributed by atoms with E-state index in [1.807, 2.05) is 18.2 Å². The fourth-order valence-corrected chi connectivity index (χ4v) is 2.73. The van der Waals surface area contributed by atoms with Crippen molar-refractivity contribution >= 4 is 6.03 Å². The van der Waals surface area contributed by atoms with Crippen LogP contribution in [0.4, 0.5) is 9.18 Å². The van der Waals surface area contributed by atoms with Gasteiger partial charge in [0.1, 0.15) is 5.82 Å². The second kappa shape index (κ2) is 5.95. The molecule has 1 aliphatic carbocycles. The summed E-state index contributed by atoms with van der Waals surface area (Å²) in [5, 5.41) is 5.66. The fraction of sp³-hybridized carbons (Fsp3) is 0.235. The lowest BCUT2D eigenvalue weighted by atomic mass is 10.1. The summed E-state index contributed by atoms with van der Waals surface area (Å²) in [5.74, 6) is -0.302. The van der Waals surface area contributed by atoms with Gasteiger partial charge >= 0.3 is 6.03 Å². The summed E-state index contributed by atoms with van der Waals surface area (Å²) in [7, 11) is 0. The quantitative estimate of drug-likeness (QED) is 0.892. The van der Waals surface area contributed by atoms with E-state index in [1.165, 1.54) is 17.2 Å². The molecule has 1 atom stereocenters. The van der Waals surface area contributed by atoms with Gasteiger partial charge in [0.15, 0.2) is 0 Å². The molecule has 0 aromatic heterocycles. The molecule has 2 amide bonds. The number of fused-ring (bicyclic) bond motifs is 1. The molecule has 0 bridgehead atoms. The zero-order valence-corrected chi connectivity index (χ0v) is 11.6. The van der Waals surface area contributed by atoms with Gasteiger partial charge in [-0.2, -0.15) is 0 Å². The van der Waals surface area contributed by atoms with E-state index in [-0.39, 0.29) is 24.4 Å². The van der Waals surface area contributed by atoms with Crippen LogP contribution in [-0.2, 0) is 13.0 Å². The number of carbonyl (C=O) groups is 1. The van der Waals surface area contributed by atoms with E-state index in [1.54, 1.807) is 18.2 Å². The average molecular weight is 284 g/mol. The van der Waals surface area contributed by atoms with E-state index in [2.05, 4.69) is 16.7 Å². The van der Waals surface area contributed by atoms with Crippen LogP contribution in [0.1, 0.15) is 29.2 Å². The molecule has 0 radical (unpaired) electrons. The number of aryl methyl sites for hydroxylation is 1. The summed E-state index contributed by atoms with van der Waals surface area (Å²) in [6.45, 7) is 0.187. The van der Waals surface area contributed by atoms with Crippen LogP contribution >= 0.6 is 0 Å². The first-order valence-corrected chi connectivity index (χ1v) is 7.09. The highest BCUT2D eigenvalue weighted by molar-refractivity contribution is 5.74. The Morgan fingerprint density at radius 2 is 1.90 bits per heavy atom. The molecule has 0 aliphatic heterocycles. The first-order chi connectivity index (χ1) is 10.2. The molecule has 0 fully saturated rings. The lowest BCUT2D eigenvalue weighted by molar-refractivity contribution is 0.236. The van der Waals surface area contributed by atoms with Crippen molar-refractivity contribution in [3.8, 4) is 0 Å². The Bertz CT molecular complexity index is 657. The Morgan fingerprint density at radius 3 is 2.76 bits per heavy atom. The molecule has 1 unspecified atom stereocenters. The summed E-state index contributed by atoms with van der Waals surface area (Å²) in [6.07, 6.45) is 1.89. The maximum Gasteiger partial charge on any atom is 0.315 e. The van der Waals surface area contributed by atoms with Gasteiger partial charge in [-0.3, -0.25) is 0 Å². The molecule has 1 aliphatic rings. The highest BCUT2D eigenvalue weighted by Gasteiger charge is 2.23. The molecule has 2 aromatic rings. The largest absolute Gasteiger partial charge is 0.334 e. The van der Waals surface area contributed by atoms with E-state index in [0.29, 0.717) is 5.56 Å². The normalized spacial score (nSPS) is 16.3. The zero-order valence-electron chi connectivity index (χ0n) is 11.6. The van der Waals surface area contributed by atoms with E-state index < -0.39 is 0 Å². The second-order valence-corrected chi connectivity index (χ2v) is 5.21. The summed E-state index contributed by atoms with van der Waals surface area (Å²) in [5.41, 5.74) is 2.95. The summed E-state index contributed by atoms with van der Waals surface area (Å²) >= 11 is 0. The molecule has 0 saturated carbocycles. The maximum atomic E-state index is 13.5. The van der Waals surface area contributed by atoms with E-state index in [4.69, 9.17) is 0 Å². The molecule has 2 N–H and O–H groups in total. The predicted octanol–water partition coefficient (Wildman–Crippen LogP) is 3.31. The molecule has 3 rings (SSSR count). The summed E-state index contributed by atoms with van der Waals surface area (Å²) in [4.78, 5) is 11.9. The van der Waals surface area contributed by atoms with E-state index >= 15 is 0 Å². The van der Waals surface area contributed by atoms with Crippen LogP contribution in [0.25, 0.3) is 0 Å². The number of hydrogen-bond donors (Lipinski definition) is 2. The van der Waals surface area contributed by atoms with Crippen LogP contribution in [0.5, 0.6) is 0 Å². The number of amides is 2. The smallest absolute Gasteiger partial charge is 0.315 e. The summed E-state index contributed by atoms with van der Waals surface area (Å²) < 4.78 is 13.5. The van der Waals surface area contributed by atoms with Gasteiger partial charge in [-0.25, -0.2) is 9.18 Å². The van der Waals surface area contributed by atoms with Crippen molar-refractivity contribution in [3.63, 3.8) is 0 Å². The number of rotatable bonds is 3. The van der Waals surface area contributed by atoms with E-state index in [0.717, 1.165) is 12.8 Å². The Hall–Kier alpha value is -2.36. The van der Waals surface area contributed by atoms with Crippen LogP contribution in [0, 0.1) is 5.82 Å². The molecular formula is C17H17FN2O. The van der Waals surface area contributed by atoms with Gasteiger partial charge in [0, 0.05) is 12.1 Å². The Labute approximate surface area is 123 Å². The second-order valence-electron chi connectivity index (χ2n) is 5.21. The van der Waals surface area contributed by atoms with Gasteiger partial charge in [-0.15, -0.1) is 0 Å². The SMILES string of the molecule is O=C(NCc1ccccc1F)NC1CCc2ccccc21. The highest BCUT2D eigenvalue weighted by atomic mass is 19.1. The molecule has 0 saturated heterocycles. The van der Waals surface area contributed by atoms with Crippen LogP contribution in [0.3, 0.4) is 0 Å². The van der Waals surface area contributed by atoms with Crippen molar-refractivity contribution in [1.29, 1.82) is 0 Å². The number of halogens is 1. The minimum atomic E-state index is -0.302. The fourth-order valence-electron chi connectivity index (χ4n) is 2.73. The third kappa shape index (κ3) is 3.05. The topological polar surface area (TPSA) is 41.1 Å². The third-order valence-corrected chi connectivity index (χ3v) is 3.84. The molecule has 2 aromatic carbocycles. The van der Waals surface area contributed by atoms with Gasteiger partial charge < -0.3 is 10.6 Å². The number of carbonyl (C=O) groups excluding carboxylic acids is 1. The van der Waals surface area contributed by atoms with Gasteiger partial charge in [0.05, 0.1) is 6.04 Å². The first-order valence-electron chi connectivity index (χ1n) is 7.09. The predicted molar refractivity (Wildman–Crippen MR) is 79.3 cm³/mol. The van der Waals surface area contributed by atoms with Crippen LogP contribution in [-0.4, -0.2) is 6.03 Å².